The third kappa shape index (κ3) is 4.83. The molecular weight excluding hydrogens is 420 g/mol. The number of nitrogens with zero attached hydrogens (tertiary/aromatic N) is 4. The van der Waals surface area contributed by atoms with Crippen molar-refractivity contribution < 1.29 is 5.11 Å². The van der Waals surface area contributed by atoms with Crippen molar-refractivity contribution in [2.75, 3.05) is 5.43 Å². The molecule has 1 atom stereocenters. The van der Waals surface area contributed by atoms with E-state index in [9.17, 15) is 14.7 Å². The number of H-pyrrole nitrogens is 1. The third-order valence-electron chi connectivity index (χ3n) is 5.20. The molecular formula is C24H24N6O3. The first-order valence-corrected chi connectivity index (χ1v) is 10.4. The maximum Gasteiger partial charge on any atom is 0.329 e. The van der Waals surface area contributed by atoms with E-state index in [-0.39, 0.29) is 23.7 Å². The van der Waals surface area contributed by atoms with Crippen LogP contribution in [0, 0.1) is 0 Å². The molecule has 9 heteroatoms. The number of imidazole rings is 1. The summed E-state index contributed by atoms with van der Waals surface area (Å²) < 4.78 is 2.78. The van der Waals surface area contributed by atoms with E-state index in [0.717, 1.165) is 5.56 Å². The second kappa shape index (κ2) is 9.49. The number of aromatic nitrogens is 4. The van der Waals surface area contributed by atoms with E-state index < -0.39 is 17.4 Å². The lowest BCUT2D eigenvalue weighted by Crippen LogP contribution is -2.29. The van der Waals surface area contributed by atoms with Crippen LogP contribution in [0.1, 0.15) is 24.2 Å². The monoisotopic (exact) mass is 444 g/mol. The largest absolute Gasteiger partial charge is 0.387 e. The maximum atomic E-state index is 12.6. The molecule has 0 radical (unpaired) electrons. The number of aryl methyl sites for hydroxylation is 1. The van der Waals surface area contributed by atoms with Gasteiger partial charge in [-0.1, -0.05) is 66.7 Å². The summed E-state index contributed by atoms with van der Waals surface area (Å²) >= 11 is 0. The summed E-state index contributed by atoms with van der Waals surface area (Å²) in [5, 5.41) is 15.1. The molecule has 0 fully saturated rings. The number of benzene rings is 2. The second-order valence-electron chi connectivity index (χ2n) is 7.57. The van der Waals surface area contributed by atoms with Crippen LogP contribution in [-0.4, -0.2) is 29.9 Å². The summed E-state index contributed by atoms with van der Waals surface area (Å²) in [4.78, 5) is 31.4. The number of aliphatic hydroxyl groups excluding tert-OH is 1. The summed E-state index contributed by atoms with van der Waals surface area (Å²) in [5.41, 5.74) is 4.48. The van der Waals surface area contributed by atoms with Gasteiger partial charge >= 0.3 is 5.69 Å². The Morgan fingerprint density at radius 3 is 2.52 bits per heavy atom. The minimum Gasteiger partial charge on any atom is -0.387 e. The van der Waals surface area contributed by atoms with Crippen LogP contribution in [0.3, 0.4) is 0 Å². The molecule has 4 rings (SSSR count). The highest BCUT2D eigenvalue weighted by Gasteiger charge is 2.20. The Bertz CT molecular complexity index is 1430. The lowest BCUT2D eigenvalue weighted by molar-refractivity contribution is 0.158. The third-order valence-corrected chi connectivity index (χ3v) is 5.20. The van der Waals surface area contributed by atoms with Gasteiger partial charge in [-0.2, -0.15) is 10.1 Å². The predicted molar refractivity (Wildman–Crippen MR) is 129 cm³/mol. The molecule has 0 unspecified atom stereocenters. The van der Waals surface area contributed by atoms with Crippen LogP contribution in [-0.2, 0) is 13.6 Å². The van der Waals surface area contributed by atoms with Crippen LogP contribution in [0.25, 0.3) is 17.2 Å². The van der Waals surface area contributed by atoms with Gasteiger partial charge in [0.05, 0.1) is 18.4 Å². The van der Waals surface area contributed by atoms with E-state index in [4.69, 9.17) is 0 Å². The molecule has 0 spiro atoms. The number of allylic oxidation sites excluding steroid dienone is 1. The lowest BCUT2D eigenvalue weighted by atomic mass is 10.1. The summed E-state index contributed by atoms with van der Waals surface area (Å²) in [6.45, 7) is 1.86. The number of nitrogens with one attached hydrogen (secondary N) is 2. The summed E-state index contributed by atoms with van der Waals surface area (Å²) in [6, 6.07) is 18.9. The Hall–Kier alpha value is -4.24. The summed E-state index contributed by atoms with van der Waals surface area (Å²) in [5.74, 6) is 0.235. The van der Waals surface area contributed by atoms with Crippen LogP contribution in [0.4, 0.5) is 5.95 Å². The fourth-order valence-corrected chi connectivity index (χ4v) is 3.41. The van der Waals surface area contributed by atoms with Gasteiger partial charge in [0.2, 0.25) is 5.95 Å². The van der Waals surface area contributed by atoms with Gasteiger partial charge in [0.1, 0.15) is 0 Å². The van der Waals surface area contributed by atoms with Crippen molar-refractivity contribution >= 4 is 28.9 Å². The van der Waals surface area contributed by atoms with E-state index in [1.807, 2.05) is 67.6 Å². The Morgan fingerprint density at radius 1 is 1.15 bits per heavy atom. The Balaban J connectivity index is 1.70. The van der Waals surface area contributed by atoms with Gasteiger partial charge in [-0.05, 0) is 24.1 Å². The highest BCUT2D eigenvalue weighted by Crippen LogP contribution is 2.21. The van der Waals surface area contributed by atoms with E-state index in [1.54, 1.807) is 12.1 Å². The fourth-order valence-electron chi connectivity index (χ4n) is 3.41. The van der Waals surface area contributed by atoms with Crippen LogP contribution >= 0.6 is 0 Å². The first-order valence-electron chi connectivity index (χ1n) is 10.4. The molecule has 2 aromatic heterocycles. The summed E-state index contributed by atoms with van der Waals surface area (Å²) in [6.07, 6.45) is 2.87. The molecule has 0 aliphatic carbocycles. The molecule has 0 saturated carbocycles. The average molecular weight is 444 g/mol. The van der Waals surface area contributed by atoms with Crippen molar-refractivity contribution in [3.63, 3.8) is 0 Å². The number of anilines is 1. The molecule has 0 amide bonds. The number of aromatic amines is 1. The maximum absolute atomic E-state index is 12.6. The van der Waals surface area contributed by atoms with Crippen molar-refractivity contribution in [3.05, 3.63) is 98.7 Å². The van der Waals surface area contributed by atoms with Gasteiger partial charge in [-0.25, -0.2) is 10.2 Å². The quantitative estimate of drug-likeness (QED) is 0.299. The van der Waals surface area contributed by atoms with E-state index in [1.165, 1.54) is 16.2 Å². The zero-order valence-electron chi connectivity index (χ0n) is 18.3. The van der Waals surface area contributed by atoms with Crippen molar-refractivity contribution in [1.82, 2.24) is 19.1 Å². The van der Waals surface area contributed by atoms with Crippen molar-refractivity contribution in [1.29, 1.82) is 0 Å². The number of rotatable bonds is 7. The van der Waals surface area contributed by atoms with Crippen molar-refractivity contribution in [2.45, 2.75) is 19.6 Å². The number of hydrogen-bond acceptors (Lipinski definition) is 6. The Kier molecular flexibility index (Phi) is 6.32. The zero-order valence-corrected chi connectivity index (χ0v) is 18.3. The number of fused-ring (bicyclic) bond motifs is 1. The average Bonchev–Trinajstić information content (AvgIpc) is 3.20. The minimum atomic E-state index is -0.899. The molecule has 0 aliphatic rings. The Labute approximate surface area is 189 Å². The highest BCUT2D eigenvalue weighted by molar-refractivity contribution is 5.96. The normalized spacial score (nSPS) is 13.0. The molecule has 3 N–H and O–H groups in total. The number of hydrogen-bond donors (Lipinski definition) is 3. The topological polar surface area (TPSA) is 117 Å². The van der Waals surface area contributed by atoms with Crippen molar-refractivity contribution in [2.24, 2.45) is 12.1 Å². The fraction of sp³-hybridized carbons (Fsp3) is 0.167. The highest BCUT2D eigenvalue weighted by atomic mass is 16.3. The molecule has 0 bridgehead atoms. The van der Waals surface area contributed by atoms with E-state index in [0.29, 0.717) is 11.3 Å². The SMILES string of the molecule is CC(/C=C/c1ccccc1)=N/Nc1nc2c(c(=O)[nH]c(=O)n2C)n1C[C@@H](O)c1ccccc1. The number of hydrazone groups is 1. The van der Waals surface area contributed by atoms with Crippen LogP contribution in [0.2, 0.25) is 0 Å². The van der Waals surface area contributed by atoms with Gasteiger partial charge in [0.15, 0.2) is 11.2 Å². The first kappa shape index (κ1) is 22.0. The predicted octanol–water partition coefficient (Wildman–Crippen LogP) is 2.66. The Morgan fingerprint density at radius 2 is 1.82 bits per heavy atom. The van der Waals surface area contributed by atoms with E-state index in [2.05, 4.69) is 20.5 Å². The first-order chi connectivity index (χ1) is 15.9. The van der Waals surface area contributed by atoms with Gasteiger partial charge in [0, 0.05) is 7.05 Å². The van der Waals surface area contributed by atoms with Gasteiger partial charge in [-0.3, -0.25) is 18.9 Å². The smallest absolute Gasteiger partial charge is 0.329 e. The molecule has 168 valence electrons. The summed E-state index contributed by atoms with van der Waals surface area (Å²) in [7, 11) is 1.52. The van der Waals surface area contributed by atoms with Crippen LogP contribution < -0.4 is 16.7 Å². The van der Waals surface area contributed by atoms with Crippen LogP contribution in [0.15, 0.2) is 81.4 Å². The van der Waals surface area contributed by atoms with Crippen LogP contribution in [0.5, 0.6) is 0 Å². The molecule has 2 aromatic carbocycles. The molecule has 0 aliphatic heterocycles. The molecule has 0 saturated heterocycles. The molecule has 2 heterocycles. The number of aliphatic hydroxyl groups is 1. The molecule has 9 nitrogen and oxygen atoms in total. The standard InChI is InChI=1S/C24H24N6O3/c1-16(13-14-17-9-5-3-6-10-17)27-28-23-25-21-20(22(32)26-24(33)29(21)2)30(23)15-19(31)18-11-7-4-8-12-18/h3-14,19,31H,15H2,1-2H3,(H,25,28)(H,26,32,33)/b14-13+,27-16-/t19-/m1/s1. The second-order valence-corrected chi connectivity index (χ2v) is 7.57. The van der Waals surface area contributed by atoms with Gasteiger partial charge in [0.25, 0.3) is 5.56 Å². The van der Waals surface area contributed by atoms with Crippen molar-refractivity contribution in [3.8, 4) is 0 Å². The van der Waals surface area contributed by atoms with Gasteiger partial charge < -0.3 is 5.11 Å². The zero-order chi connectivity index (χ0) is 23.4. The molecule has 4 aromatic rings. The van der Waals surface area contributed by atoms with Gasteiger partial charge in [-0.15, -0.1) is 0 Å². The minimum absolute atomic E-state index is 0.0402. The lowest BCUT2D eigenvalue weighted by Gasteiger charge is -2.14. The molecule has 33 heavy (non-hydrogen) atoms. The van der Waals surface area contributed by atoms with E-state index >= 15 is 0 Å².